The van der Waals surface area contributed by atoms with Gasteiger partial charge in [0.1, 0.15) is 5.75 Å². The van der Waals surface area contributed by atoms with Gasteiger partial charge in [0.2, 0.25) is 0 Å². The molecule has 6 heteroatoms. The van der Waals surface area contributed by atoms with Crippen LogP contribution in [0.4, 0.5) is 5.69 Å². The van der Waals surface area contributed by atoms with Gasteiger partial charge in [0.15, 0.2) is 0 Å². The molecule has 0 saturated carbocycles. The lowest BCUT2D eigenvalue weighted by molar-refractivity contribution is 0.0857. The summed E-state index contributed by atoms with van der Waals surface area (Å²) in [4.78, 5) is 24.7. The van der Waals surface area contributed by atoms with E-state index in [-0.39, 0.29) is 17.9 Å². The maximum Gasteiger partial charge on any atom is 0.255 e. The number of ether oxygens (including phenoxy) is 2. The molecule has 1 unspecified atom stereocenters. The van der Waals surface area contributed by atoms with Gasteiger partial charge >= 0.3 is 0 Å². The van der Waals surface area contributed by atoms with Crippen LogP contribution in [0.15, 0.2) is 48.5 Å². The molecule has 1 heterocycles. The Morgan fingerprint density at radius 3 is 2.44 bits per heavy atom. The van der Waals surface area contributed by atoms with Gasteiger partial charge in [-0.05, 0) is 56.2 Å². The smallest absolute Gasteiger partial charge is 0.255 e. The van der Waals surface area contributed by atoms with E-state index in [1.54, 1.807) is 36.4 Å². The fourth-order valence-electron chi connectivity index (χ4n) is 2.93. The molecule has 142 valence electrons. The molecule has 1 saturated heterocycles. The van der Waals surface area contributed by atoms with Crippen LogP contribution in [-0.2, 0) is 4.74 Å². The molecule has 1 aliphatic heterocycles. The standard InChI is InChI=1S/C21H24N2O4/c1-2-26-19-8-4-3-7-18(19)23-21(25)16-11-9-15(10-12-16)20(24)22-14-17-6-5-13-27-17/h3-4,7-12,17H,2,5-6,13-14H2,1H3,(H,22,24)(H,23,25). The fourth-order valence-corrected chi connectivity index (χ4v) is 2.93. The number of amides is 2. The Morgan fingerprint density at radius 2 is 1.78 bits per heavy atom. The van der Waals surface area contributed by atoms with E-state index in [1.165, 1.54) is 0 Å². The first kappa shape index (κ1) is 18.9. The van der Waals surface area contributed by atoms with Gasteiger partial charge < -0.3 is 20.1 Å². The summed E-state index contributed by atoms with van der Waals surface area (Å²) in [6.45, 7) is 3.68. The van der Waals surface area contributed by atoms with E-state index in [0.29, 0.717) is 35.7 Å². The Morgan fingerprint density at radius 1 is 1.07 bits per heavy atom. The van der Waals surface area contributed by atoms with Crippen molar-refractivity contribution < 1.29 is 19.1 Å². The highest BCUT2D eigenvalue weighted by Gasteiger charge is 2.17. The normalized spacial score (nSPS) is 16.0. The molecule has 6 nitrogen and oxygen atoms in total. The van der Waals surface area contributed by atoms with Crippen molar-refractivity contribution in [2.45, 2.75) is 25.9 Å². The van der Waals surface area contributed by atoms with E-state index in [1.807, 2.05) is 19.1 Å². The lowest BCUT2D eigenvalue weighted by Crippen LogP contribution is -2.31. The number of para-hydroxylation sites is 2. The zero-order valence-electron chi connectivity index (χ0n) is 15.4. The van der Waals surface area contributed by atoms with Gasteiger partial charge in [-0.2, -0.15) is 0 Å². The molecule has 27 heavy (non-hydrogen) atoms. The molecule has 2 aromatic carbocycles. The Kier molecular flexibility index (Phi) is 6.44. The second-order valence-electron chi connectivity index (χ2n) is 6.31. The molecular weight excluding hydrogens is 344 g/mol. The van der Waals surface area contributed by atoms with Crippen LogP contribution in [0.1, 0.15) is 40.5 Å². The van der Waals surface area contributed by atoms with Crippen molar-refractivity contribution in [3.63, 3.8) is 0 Å². The molecule has 2 amide bonds. The predicted molar refractivity (Wildman–Crippen MR) is 103 cm³/mol. The topological polar surface area (TPSA) is 76.7 Å². The second kappa shape index (κ2) is 9.19. The lowest BCUT2D eigenvalue weighted by Gasteiger charge is -2.12. The highest BCUT2D eigenvalue weighted by atomic mass is 16.5. The van der Waals surface area contributed by atoms with Crippen molar-refractivity contribution in [3.8, 4) is 5.75 Å². The third kappa shape index (κ3) is 5.08. The zero-order valence-corrected chi connectivity index (χ0v) is 15.4. The highest BCUT2D eigenvalue weighted by Crippen LogP contribution is 2.24. The summed E-state index contributed by atoms with van der Waals surface area (Å²) in [5.74, 6) is 0.200. The van der Waals surface area contributed by atoms with Crippen LogP contribution < -0.4 is 15.4 Å². The third-order valence-electron chi connectivity index (χ3n) is 4.36. The Balaban J connectivity index is 1.59. The molecule has 2 N–H and O–H groups in total. The molecule has 0 bridgehead atoms. The van der Waals surface area contributed by atoms with Crippen LogP contribution in [0.25, 0.3) is 0 Å². The Labute approximate surface area is 158 Å². The van der Waals surface area contributed by atoms with Crippen molar-refractivity contribution in [2.24, 2.45) is 0 Å². The molecule has 3 rings (SSSR count). The average Bonchev–Trinajstić information content (AvgIpc) is 3.21. The number of carbonyl (C=O) groups is 2. The number of benzene rings is 2. The molecular formula is C21H24N2O4. The van der Waals surface area contributed by atoms with Crippen molar-refractivity contribution >= 4 is 17.5 Å². The van der Waals surface area contributed by atoms with Crippen LogP contribution in [0.5, 0.6) is 5.75 Å². The van der Waals surface area contributed by atoms with Gasteiger partial charge in [0.05, 0.1) is 18.4 Å². The first-order valence-electron chi connectivity index (χ1n) is 9.20. The van der Waals surface area contributed by atoms with Crippen molar-refractivity contribution in [2.75, 3.05) is 25.1 Å². The molecule has 1 fully saturated rings. The molecule has 0 aromatic heterocycles. The molecule has 2 aromatic rings. The molecule has 1 aliphatic rings. The average molecular weight is 368 g/mol. The van der Waals surface area contributed by atoms with Gasteiger partial charge in [-0.15, -0.1) is 0 Å². The maximum atomic E-state index is 12.5. The second-order valence-corrected chi connectivity index (χ2v) is 6.31. The number of anilines is 1. The summed E-state index contributed by atoms with van der Waals surface area (Å²) < 4.78 is 11.0. The predicted octanol–water partition coefficient (Wildman–Crippen LogP) is 3.25. The van der Waals surface area contributed by atoms with Gasteiger partial charge in [0, 0.05) is 24.3 Å². The number of rotatable bonds is 7. The van der Waals surface area contributed by atoms with Gasteiger partial charge in [-0.3, -0.25) is 9.59 Å². The van der Waals surface area contributed by atoms with Crippen LogP contribution in [-0.4, -0.2) is 37.7 Å². The number of hydrogen-bond acceptors (Lipinski definition) is 4. The van der Waals surface area contributed by atoms with E-state index in [4.69, 9.17) is 9.47 Å². The van der Waals surface area contributed by atoms with E-state index < -0.39 is 0 Å². The van der Waals surface area contributed by atoms with Gasteiger partial charge in [-0.25, -0.2) is 0 Å². The van der Waals surface area contributed by atoms with E-state index >= 15 is 0 Å². The SMILES string of the molecule is CCOc1ccccc1NC(=O)c1ccc(C(=O)NCC2CCCO2)cc1. The minimum Gasteiger partial charge on any atom is -0.492 e. The number of carbonyl (C=O) groups excluding carboxylic acids is 2. The summed E-state index contributed by atoms with van der Waals surface area (Å²) in [5, 5.41) is 5.71. The minimum atomic E-state index is -0.256. The van der Waals surface area contributed by atoms with E-state index in [2.05, 4.69) is 10.6 Å². The van der Waals surface area contributed by atoms with Crippen LogP contribution >= 0.6 is 0 Å². The van der Waals surface area contributed by atoms with Crippen molar-refractivity contribution in [3.05, 3.63) is 59.7 Å². The summed E-state index contributed by atoms with van der Waals surface area (Å²) in [6, 6.07) is 13.8. The third-order valence-corrected chi connectivity index (χ3v) is 4.36. The first-order chi connectivity index (χ1) is 13.2. The number of nitrogens with one attached hydrogen (secondary N) is 2. The molecule has 1 atom stereocenters. The van der Waals surface area contributed by atoms with Crippen LogP contribution in [0, 0.1) is 0 Å². The molecule has 0 spiro atoms. The monoisotopic (exact) mass is 368 g/mol. The summed E-state index contributed by atoms with van der Waals surface area (Å²) >= 11 is 0. The summed E-state index contributed by atoms with van der Waals surface area (Å²) in [6.07, 6.45) is 2.11. The maximum absolute atomic E-state index is 12.5. The molecule has 0 aliphatic carbocycles. The van der Waals surface area contributed by atoms with Gasteiger partial charge in [-0.1, -0.05) is 12.1 Å². The van der Waals surface area contributed by atoms with Crippen LogP contribution in [0.3, 0.4) is 0 Å². The van der Waals surface area contributed by atoms with Crippen molar-refractivity contribution in [1.82, 2.24) is 5.32 Å². The Bertz CT molecular complexity index is 783. The molecule has 0 radical (unpaired) electrons. The Hall–Kier alpha value is -2.86. The zero-order chi connectivity index (χ0) is 19.1. The van der Waals surface area contributed by atoms with Crippen molar-refractivity contribution in [1.29, 1.82) is 0 Å². The first-order valence-corrected chi connectivity index (χ1v) is 9.20. The summed E-state index contributed by atoms with van der Waals surface area (Å²) in [5.41, 5.74) is 1.60. The largest absolute Gasteiger partial charge is 0.492 e. The lowest BCUT2D eigenvalue weighted by atomic mass is 10.1. The van der Waals surface area contributed by atoms with E-state index in [9.17, 15) is 9.59 Å². The van der Waals surface area contributed by atoms with Crippen LogP contribution in [0.2, 0.25) is 0 Å². The highest BCUT2D eigenvalue weighted by molar-refractivity contribution is 6.05. The summed E-state index contributed by atoms with van der Waals surface area (Å²) in [7, 11) is 0. The van der Waals surface area contributed by atoms with Gasteiger partial charge in [0.25, 0.3) is 11.8 Å². The quantitative estimate of drug-likeness (QED) is 0.787. The van der Waals surface area contributed by atoms with E-state index in [0.717, 1.165) is 19.4 Å². The minimum absolute atomic E-state index is 0.101. The fraction of sp³-hybridized carbons (Fsp3) is 0.333. The number of hydrogen-bond donors (Lipinski definition) is 2.